The fourth-order valence-corrected chi connectivity index (χ4v) is 4.20. The van der Waals surface area contributed by atoms with Gasteiger partial charge in [-0.05, 0) is 49.9 Å². The van der Waals surface area contributed by atoms with Crippen LogP contribution in [0.3, 0.4) is 0 Å². The summed E-state index contributed by atoms with van der Waals surface area (Å²) in [5.41, 5.74) is 0.636. The SMILES string of the molecule is O=C(NC(CO)C(=O)NC(Cc1ccc(O)cc1)C(=O)N1CCCC1C(=O)O)C1CCCN1. The van der Waals surface area contributed by atoms with Gasteiger partial charge in [-0.3, -0.25) is 14.4 Å². The molecule has 1 aromatic rings. The second-order valence-corrected chi connectivity index (χ2v) is 8.35. The number of phenols is 1. The number of aliphatic carboxylic acids is 1. The van der Waals surface area contributed by atoms with Gasteiger partial charge < -0.3 is 36.2 Å². The number of hydrogen-bond donors (Lipinski definition) is 6. The third-order valence-electron chi connectivity index (χ3n) is 6.00. The van der Waals surface area contributed by atoms with E-state index < -0.39 is 54.5 Å². The van der Waals surface area contributed by atoms with Crippen molar-refractivity contribution in [1.82, 2.24) is 20.9 Å². The summed E-state index contributed by atoms with van der Waals surface area (Å²) in [4.78, 5) is 51.3. The number of aliphatic hydroxyl groups excluding tert-OH is 1. The van der Waals surface area contributed by atoms with E-state index in [1.807, 2.05) is 0 Å². The molecule has 2 aliphatic heterocycles. The Kier molecular flexibility index (Phi) is 8.23. The number of nitrogens with one attached hydrogen (secondary N) is 3. The van der Waals surface area contributed by atoms with E-state index >= 15 is 0 Å². The number of likely N-dealkylation sites (tertiary alicyclic amines) is 1. The molecule has 0 aliphatic carbocycles. The van der Waals surface area contributed by atoms with Crippen LogP contribution < -0.4 is 16.0 Å². The molecule has 33 heavy (non-hydrogen) atoms. The molecule has 11 heteroatoms. The van der Waals surface area contributed by atoms with Crippen LogP contribution in [-0.4, -0.2) is 87.8 Å². The second-order valence-electron chi connectivity index (χ2n) is 8.35. The van der Waals surface area contributed by atoms with Crippen LogP contribution in [0.25, 0.3) is 0 Å². The van der Waals surface area contributed by atoms with Crippen LogP contribution in [0.2, 0.25) is 0 Å². The van der Waals surface area contributed by atoms with Crippen molar-refractivity contribution in [2.45, 2.75) is 56.3 Å². The first-order valence-corrected chi connectivity index (χ1v) is 11.1. The molecule has 3 amide bonds. The highest BCUT2D eigenvalue weighted by atomic mass is 16.4. The molecule has 11 nitrogen and oxygen atoms in total. The van der Waals surface area contributed by atoms with Crippen LogP contribution in [0.1, 0.15) is 31.2 Å². The van der Waals surface area contributed by atoms with Gasteiger partial charge in [-0.15, -0.1) is 0 Å². The van der Waals surface area contributed by atoms with Crippen LogP contribution in [0, 0.1) is 0 Å². The molecule has 4 unspecified atom stereocenters. The number of phenolic OH excluding ortho intramolecular Hbond substituents is 1. The number of carboxylic acids is 1. The Morgan fingerprint density at radius 1 is 1.06 bits per heavy atom. The predicted octanol–water partition coefficient (Wildman–Crippen LogP) is -1.28. The van der Waals surface area contributed by atoms with Crippen molar-refractivity contribution in [2.24, 2.45) is 0 Å². The Morgan fingerprint density at radius 3 is 2.39 bits per heavy atom. The minimum atomic E-state index is -1.26. The first-order chi connectivity index (χ1) is 15.8. The van der Waals surface area contributed by atoms with Crippen molar-refractivity contribution in [2.75, 3.05) is 19.7 Å². The van der Waals surface area contributed by atoms with Crippen molar-refractivity contribution in [3.05, 3.63) is 29.8 Å². The molecule has 4 atom stereocenters. The van der Waals surface area contributed by atoms with Crippen LogP contribution >= 0.6 is 0 Å². The zero-order valence-electron chi connectivity index (χ0n) is 18.2. The van der Waals surface area contributed by atoms with Gasteiger partial charge in [-0.1, -0.05) is 12.1 Å². The van der Waals surface area contributed by atoms with Gasteiger partial charge in [0, 0.05) is 13.0 Å². The van der Waals surface area contributed by atoms with Crippen LogP contribution in [0.4, 0.5) is 0 Å². The number of rotatable bonds is 9. The minimum Gasteiger partial charge on any atom is -0.508 e. The van der Waals surface area contributed by atoms with Crippen molar-refractivity contribution in [3.63, 3.8) is 0 Å². The van der Waals surface area contributed by atoms with E-state index in [0.29, 0.717) is 31.4 Å². The fraction of sp³-hybridized carbons (Fsp3) is 0.545. The number of carbonyl (C=O) groups is 4. The standard InChI is InChI=1S/C22H30N4O7/c27-12-17(25-19(29)15-3-1-9-23-15)20(30)24-16(11-13-5-7-14(28)8-6-13)21(31)26-10-2-4-18(26)22(32)33/h5-8,15-18,23,27-28H,1-4,9-12H2,(H,24,30)(H,25,29)(H,32,33). The van der Waals surface area contributed by atoms with Gasteiger partial charge in [0.15, 0.2) is 0 Å². The predicted molar refractivity (Wildman–Crippen MR) is 116 cm³/mol. The molecule has 2 heterocycles. The van der Waals surface area contributed by atoms with Gasteiger partial charge in [0.2, 0.25) is 17.7 Å². The molecule has 1 aromatic carbocycles. The lowest BCUT2D eigenvalue weighted by molar-refractivity contribution is -0.149. The molecule has 0 radical (unpaired) electrons. The van der Waals surface area contributed by atoms with E-state index in [1.54, 1.807) is 12.1 Å². The number of aliphatic hydroxyl groups is 1. The van der Waals surface area contributed by atoms with Gasteiger partial charge in [0.25, 0.3) is 0 Å². The molecule has 2 aliphatic rings. The first kappa shape index (κ1) is 24.5. The van der Waals surface area contributed by atoms with Crippen molar-refractivity contribution in [3.8, 4) is 5.75 Å². The summed E-state index contributed by atoms with van der Waals surface area (Å²) in [6.45, 7) is 0.287. The lowest BCUT2D eigenvalue weighted by Gasteiger charge is -2.28. The number of carbonyl (C=O) groups excluding carboxylic acids is 3. The monoisotopic (exact) mass is 462 g/mol. The number of aromatic hydroxyl groups is 1. The Bertz CT molecular complexity index is 870. The van der Waals surface area contributed by atoms with Crippen molar-refractivity contribution < 1.29 is 34.5 Å². The third kappa shape index (κ3) is 6.20. The molecule has 6 N–H and O–H groups in total. The average molecular weight is 463 g/mol. The third-order valence-corrected chi connectivity index (χ3v) is 6.00. The zero-order chi connectivity index (χ0) is 24.0. The summed E-state index contributed by atoms with van der Waals surface area (Å²) in [6.07, 6.45) is 2.36. The highest BCUT2D eigenvalue weighted by molar-refractivity contribution is 5.94. The number of hydrogen-bond acceptors (Lipinski definition) is 7. The fourth-order valence-electron chi connectivity index (χ4n) is 4.20. The minimum absolute atomic E-state index is 0.0414. The van der Waals surface area contributed by atoms with Gasteiger partial charge >= 0.3 is 5.97 Å². The van der Waals surface area contributed by atoms with Gasteiger partial charge in [-0.25, -0.2) is 4.79 Å². The van der Waals surface area contributed by atoms with Gasteiger partial charge in [0.05, 0.1) is 12.6 Å². The smallest absolute Gasteiger partial charge is 0.326 e. The summed E-state index contributed by atoms with van der Waals surface area (Å²) in [7, 11) is 0. The van der Waals surface area contributed by atoms with Crippen molar-refractivity contribution >= 4 is 23.7 Å². The molecule has 3 rings (SSSR count). The summed E-state index contributed by atoms with van der Waals surface area (Å²) < 4.78 is 0. The molecular weight excluding hydrogens is 432 g/mol. The lowest BCUT2D eigenvalue weighted by atomic mass is 10.0. The number of carboxylic acid groups (broad SMARTS) is 1. The summed E-state index contributed by atoms with van der Waals surface area (Å²) in [6, 6.07) is 2.29. The molecule has 2 fully saturated rings. The average Bonchev–Trinajstić information content (AvgIpc) is 3.50. The van der Waals surface area contributed by atoms with E-state index in [2.05, 4.69) is 16.0 Å². The molecule has 2 saturated heterocycles. The molecule has 0 saturated carbocycles. The Labute approximate surface area is 191 Å². The second kappa shape index (κ2) is 11.1. The van der Waals surface area contributed by atoms with Crippen molar-refractivity contribution in [1.29, 1.82) is 0 Å². The highest BCUT2D eigenvalue weighted by Gasteiger charge is 2.38. The Hall–Kier alpha value is -3.18. The first-order valence-electron chi connectivity index (χ1n) is 11.1. The van der Waals surface area contributed by atoms with E-state index in [9.17, 15) is 34.5 Å². The van der Waals surface area contributed by atoms with Crippen LogP contribution in [-0.2, 0) is 25.6 Å². The number of amides is 3. The van der Waals surface area contributed by atoms with E-state index in [4.69, 9.17) is 0 Å². The van der Waals surface area contributed by atoms with E-state index in [1.165, 1.54) is 17.0 Å². The molecule has 0 aromatic heterocycles. The summed E-state index contributed by atoms with van der Waals surface area (Å²) in [5, 5.41) is 36.7. The number of nitrogens with zero attached hydrogens (tertiary/aromatic N) is 1. The van der Waals surface area contributed by atoms with Crippen LogP contribution in [0.15, 0.2) is 24.3 Å². The van der Waals surface area contributed by atoms with E-state index in [0.717, 1.165) is 6.42 Å². The largest absolute Gasteiger partial charge is 0.508 e. The van der Waals surface area contributed by atoms with Crippen LogP contribution in [0.5, 0.6) is 5.75 Å². The highest BCUT2D eigenvalue weighted by Crippen LogP contribution is 2.20. The quantitative estimate of drug-likeness (QED) is 0.264. The summed E-state index contributed by atoms with van der Waals surface area (Å²) in [5.74, 6) is -2.78. The zero-order valence-corrected chi connectivity index (χ0v) is 18.2. The van der Waals surface area contributed by atoms with Gasteiger partial charge in [-0.2, -0.15) is 0 Å². The maximum atomic E-state index is 13.2. The molecule has 180 valence electrons. The Morgan fingerprint density at radius 2 is 1.79 bits per heavy atom. The molecule has 0 bridgehead atoms. The normalized spacial score (nSPS) is 21.9. The molecular formula is C22H30N4O7. The van der Waals surface area contributed by atoms with Gasteiger partial charge in [0.1, 0.15) is 23.9 Å². The molecule has 0 spiro atoms. The maximum absolute atomic E-state index is 13.2. The number of benzene rings is 1. The Balaban J connectivity index is 1.74. The summed E-state index contributed by atoms with van der Waals surface area (Å²) >= 11 is 0. The topological polar surface area (TPSA) is 168 Å². The maximum Gasteiger partial charge on any atom is 0.326 e. The van der Waals surface area contributed by atoms with E-state index in [-0.39, 0.29) is 18.7 Å². The lowest BCUT2D eigenvalue weighted by Crippen LogP contribution is -2.58.